The Morgan fingerprint density at radius 1 is 1.08 bits per heavy atom. The van der Waals surface area contributed by atoms with Crippen LogP contribution in [-0.2, 0) is 28.1 Å². The molecule has 8 heteroatoms. The highest BCUT2D eigenvalue weighted by Gasteiger charge is 2.44. The number of carbonyl (C=O) groups excluding carboxylic acids is 1. The second kappa shape index (κ2) is 8.72. The molecule has 26 heavy (non-hydrogen) atoms. The quantitative estimate of drug-likeness (QED) is 0.524. The molecule has 2 heterocycles. The summed E-state index contributed by atoms with van der Waals surface area (Å²) >= 11 is 0. The van der Waals surface area contributed by atoms with Gasteiger partial charge in [0.1, 0.15) is 25.7 Å². The molecular formula is C18H33O7P. The van der Waals surface area contributed by atoms with Crippen molar-refractivity contribution in [1.82, 2.24) is 0 Å². The van der Waals surface area contributed by atoms with Crippen molar-refractivity contribution in [2.75, 3.05) is 19.9 Å². The molecule has 9 unspecified atom stereocenters. The number of hydrogen-bond donors (Lipinski definition) is 1. The average molecular weight is 392 g/mol. The van der Waals surface area contributed by atoms with Gasteiger partial charge in [0.2, 0.25) is 0 Å². The number of rotatable bonds is 7. The van der Waals surface area contributed by atoms with Crippen molar-refractivity contribution in [3.63, 3.8) is 0 Å². The second-order valence-electron chi connectivity index (χ2n) is 7.61. The van der Waals surface area contributed by atoms with Crippen LogP contribution in [0.5, 0.6) is 0 Å². The van der Waals surface area contributed by atoms with E-state index in [1.807, 2.05) is 34.4 Å². The topological polar surface area (TPSA) is 83.5 Å². The van der Waals surface area contributed by atoms with Gasteiger partial charge in [-0.25, -0.2) is 0 Å². The summed E-state index contributed by atoms with van der Waals surface area (Å²) in [5.41, 5.74) is 0. The predicted molar refractivity (Wildman–Crippen MR) is 100 cm³/mol. The summed E-state index contributed by atoms with van der Waals surface area (Å²) in [6.45, 7) is 11.3. The lowest BCUT2D eigenvalue weighted by atomic mass is 9.99. The summed E-state index contributed by atoms with van der Waals surface area (Å²) in [7, 11) is -2.42. The lowest BCUT2D eigenvalue weighted by Gasteiger charge is -2.30. The zero-order valence-electron chi connectivity index (χ0n) is 16.6. The second-order valence-corrected chi connectivity index (χ2v) is 10.1. The van der Waals surface area contributed by atoms with Gasteiger partial charge in [-0.2, -0.15) is 0 Å². The molecule has 7 nitrogen and oxygen atoms in total. The third kappa shape index (κ3) is 5.09. The highest BCUT2D eigenvalue weighted by atomic mass is 31.2. The van der Waals surface area contributed by atoms with Gasteiger partial charge in [-0.3, -0.25) is 4.79 Å². The van der Waals surface area contributed by atoms with Crippen molar-refractivity contribution >= 4 is 19.6 Å². The Hall–Kier alpha value is -0.430. The van der Waals surface area contributed by atoms with E-state index in [1.54, 1.807) is 0 Å². The van der Waals surface area contributed by atoms with Gasteiger partial charge in [0.15, 0.2) is 0 Å². The van der Waals surface area contributed by atoms with Crippen molar-refractivity contribution in [2.45, 2.75) is 71.2 Å². The molecule has 0 aliphatic carbocycles. The van der Waals surface area contributed by atoms with Crippen LogP contribution in [0.2, 0.25) is 0 Å². The van der Waals surface area contributed by atoms with Gasteiger partial charge in [0.05, 0.1) is 31.5 Å². The van der Waals surface area contributed by atoms with E-state index in [1.165, 1.54) is 6.92 Å². The molecule has 152 valence electrons. The van der Waals surface area contributed by atoms with Crippen LogP contribution in [0.15, 0.2) is 0 Å². The maximum absolute atomic E-state index is 11.4. The van der Waals surface area contributed by atoms with E-state index in [9.17, 15) is 9.90 Å². The molecule has 1 N–H and O–H groups in total. The highest BCUT2D eigenvalue weighted by molar-refractivity contribution is 7.63. The molecule has 0 spiro atoms. The van der Waals surface area contributed by atoms with E-state index >= 15 is 0 Å². The normalized spacial score (nSPS) is 42.6. The van der Waals surface area contributed by atoms with Crippen LogP contribution in [0.1, 0.15) is 34.6 Å². The molecule has 2 rings (SSSR count). The lowest BCUT2D eigenvalue weighted by molar-refractivity contribution is -0.151. The fraction of sp³-hybridized carbons (Fsp3) is 0.889. The number of esters is 1. The van der Waals surface area contributed by atoms with Crippen LogP contribution >= 0.6 is 7.34 Å². The number of aliphatic hydroxyl groups excluding tert-OH is 1. The molecule has 0 radical (unpaired) electrons. The lowest BCUT2D eigenvalue weighted by Crippen LogP contribution is -2.34. The first kappa shape index (κ1) is 21.9. The fourth-order valence-electron chi connectivity index (χ4n) is 3.50. The molecular weight excluding hydrogens is 359 g/mol. The standard InChI is InChI=1S/C18H33O7P/c1-10-12(3)23-16(17(10)24-14(5)20)9-21-26(6,7)25-18-11(2)13(4)22-15(18)8-19/h10-13,15-19H,6,8-9H2,1-5,7H3. The van der Waals surface area contributed by atoms with Gasteiger partial charge >= 0.3 is 5.97 Å². The maximum atomic E-state index is 11.4. The van der Waals surface area contributed by atoms with Crippen LogP contribution in [0, 0.1) is 11.8 Å². The molecule has 0 saturated carbocycles. The summed E-state index contributed by atoms with van der Waals surface area (Å²) < 4.78 is 29.2. The highest BCUT2D eigenvalue weighted by Crippen LogP contribution is 2.49. The fourth-order valence-corrected chi connectivity index (χ4v) is 4.87. The number of ether oxygens (including phenoxy) is 3. The number of aliphatic hydroxyl groups is 1. The van der Waals surface area contributed by atoms with Gasteiger partial charge < -0.3 is 28.4 Å². The van der Waals surface area contributed by atoms with E-state index in [0.29, 0.717) is 0 Å². The van der Waals surface area contributed by atoms with E-state index in [2.05, 4.69) is 6.30 Å². The summed E-state index contributed by atoms with van der Waals surface area (Å²) in [5, 5.41) is 9.53. The van der Waals surface area contributed by atoms with E-state index in [-0.39, 0.29) is 67.6 Å². The molecule has 2 fully saturated rings. The Kier molecular flexibility index (Phi) is 7.33. The van der Waals surface area contributed by atoms with Gasteiger partial charge in [-0.15, -0.1) is 0 Å². The number of hydrogen-bond acceptors (Lipinski definition) is 7. The van der Waals surface area contributed by atoms with Gasteiger partial charge in [-0.05, 0) is 13.8 Å². The molecule has 2 aliphatic rings. The molecule has 0 bridgehead atoms. The monoisotopic (exact) mass is 392 g/mol. The van der Waals surface area contributed by atoms with Gasteiger partial charge in [0, 0.05) is 25.4 Å². The van der Waals surface area contributed by atoms with Crippen molar-refractivity contribution in [1.29, 1.82) is 0 Å². The van der Waals surface area contributed by atoms with E-state index < -0.39 is 7.34 Å². The summed E-state index contributed by atoms with van der Waals surface area (Å²) in [4.78, 5) is 11.4. The van der Waals surface area contributed by atoms with Gasteiger partial charge in [-0.1, -0.05) is 20.1 Å². The molecule has 2 aliphatic heterocycles. The van der Waals surface area contributed by atoms with Crippen LogP contribution in [0.4, 0.5) is 0 Å². The smallest absolute Gasteiger partial charge is 0.303 e. The summed E-state index contributed by atoms with van der Waals surface area (Å²) in [6.07, 6.45) is 2.76. The molecule has 0 aromatic rings. The van der Waals surface area contributed by atoms with Crippen molar-refractivity contribution < 1.29 is 33.2 Å². The van der Waals surface area contributed by atoms with Crippen molar-refractivity contribution in [2.24, 2.45) is 11.8 Å². The first-order valence-corrected chi connectivity index (χ1v) is 11.4. The average Bonchev–Trinajstić information content (AvgIpc) is 2.97. The van der Waals surface area contributed by atoms with Crippen LogP contribution in [-0.4, -0.2) is 73.9 Å². The summed E-state index contributed by atoms with van der Waals surface area (Å²) in [6, 6.07) is 0. The Labute approximate surface area is 156 Å². The largest absolute Gasteiger partial charge is 0.459 e. The number of carbonyl (C=O) groups is 1. The SMILES string of the molecule is C=P(C)(OCC1OC(C)C(C)C1OC(C)=O)OC1C(CO)OC(C)C1C. The first-order valence-electron chi connectivity index (χ1n) is 9.18. The minimum Gasteiger partial charge on any atom is -0.459 e. The molecule has 0 aromatic carbocycles. The summed E-state index contributed by atoms with van der Waals surface area (Å²) in [5.74, 6) is -0.108. The maximum Gasteiger partial charge on any atom is 0.303 e. The molecule has 0 aromatic heterocycles. The molecule has 0 amide bonds. The third-order valence-electron chi connectivity index (χ3n) is 5.37. The predicted octanol–water partition coefficient (Wildman–Crippen LogP) is 2.07. The van der Waals surface area contributed by atoms with Crippen LogP contribution in [0.25, 0.3) is 0 Å². The molecule has 2 saturated heterocycles. The zero-order valence-corrected chi connectivity index (χ0v) is 17.5. The minimum absolute atomic E-state index is 0.00496. The van der Waals surface area contributed by atoms with Crippen LogP contribution in [0.3, 0.4) is 0 Å². The van der Waals surface area contributed by atoms with E-state index in [0.717, 1.165) is 0 Å². The van der Waals surface area contributed by atoms with Crippen LogP contribution < -0.4 is 0 Å². The van der Waals surface area contributed by atoms with Gasteiger partial charge in [0.25, 0.3) is 0 Å². The van der Waals surface area contributed by atoms with Crippen molar-refractivity contribution in [3.8, 4) is 0 Å². The third-order valence-corrected chi connectivity index (χ3v) is 6.75. The van der Waals surface area contributed by atoms with E-state index in [4.69, 9.17) is 23.3 Å². The molecule has 9 atom stereocenters. The Morgan fingerprint density at radius 2 is 1.62 bits per heavy atom. The zero-order chi connectivity index (χ0) is 19.6. The Morgan fingerprint density at radius 3 is 2.15 bits per heavy atom. The minimum atomic E-state index is -2.42. The first-order chi connectivity index (χ1) is 12.1. The van der Waals surface area contributed by atoms with Crippen molar-refractivity contribution in [3.05, 3.63) is 0 Å². The Balaban J connectivity index is 1.96. The Bertz CT molecular complexity index is 540.